The molecule has 0 rings (SSSR count). The monoisotopic (exact) mass is 272 g/mol. The maximum atomic E-state index is 5.78. The summed E-state index contributed by atoms with van der Waals surface area (Å²) in [6, 6.07) is 0. The summed E-state index contributed by atoms with van der Waals surface area (Å²) in [5, 5.41) is 0. The van der Waals surface area contributed by atoms with Gasteiger partial charge in [0.2, 0.25) is 0 Å². The van der Waals surface area contributed by atoms with Crippen molar-refractivity contribution < 1.29 is 9.47 Å². The van der Waals surface area contributed by atoms with E-state index < -0.39 is 0 Å². The predicted molar refractivity (Wildman–Crippen MR) is 83.7 cm³/mol. The Kier molecular flexibility index (Phi) is 12.9. The molecule has 0 aromatic carbocycles. The van der Waals surface area contributed by atoms with Crippen LogP contribution >= 0.6 is 0 Å². The van der Waals surface area contributed by atoms with E-state index in [9.17, 15) is 0 Å². The van der Waals surface area contributed by atoms with Crippen molar-refractivity contribution in [1.29, 1.82) is 0 Å². The van der Waals surface area contributed by atoms with E-state index in [1.807, 2.05) is 0 Å². The average Bonchev–Trinajstić information content (AvgIpc) is 2.43. The molecule has 0 N–H and O–H groups in total. The highest BCUT2D eigenvalue weighted by atomic mass is 16.5. The number of hydrogen-bond acceptors (Lipinski definition) is 2. The van der Waals surface area contributed by atoms with Crippen molar-refractivity contribution in [1.82, 2.24) is 0 Å². The van der Waals surface area contributed by atoms with E-state index in [1.54, 1.807) is 0 Å². The summed E-state index contributed by atoms with van der Waals surface area (Å²) in [6.45, 7) is 12.1. The van der Waals surface area contributed by atoms with Gasteiger partial charge in [-0.1, -0.05) is 52.4 Å². The Labute approximate surface area is 121 Å². The lowest BCUT2D eigenvalue weighted by Crippen LogP contribution is -2.33. The van der Waals surface area contributed by atoms with Gasteiger partial charge >= 0.3 is 0 Å². The lowest BCUT2D eigenvalue weighted by atomic mass is 9.79. The molecule has 0 saturated heterocycles. The quantitative estimate of drug-likeness (QED) is 0.404. The van der Waals surface area contributed by atoms with E-state index in [1.165, 1.54) is 51.4 Å². The van der Waals surface area contributed by atoms with Crippen LogP contribution in [0, 0.1) is 5.41 Å². The third-order valence-corrected chi connectivity index (χ3v) is 3.85. The van der Waals surface area contributed by atoms with Gasteiger partial charge in [-0.05, 0) is 26.7 Å². The molecule has 0 aliphatic rings. The molecule has 0 unspecified atom stereocenters. The summed E-state index contributed by atoms with van der Waals surface area (Å²) < 4.78 is 11.6. The van der Waals surface area contributed by atoms with Crippen LogP contribution in [0.1, 0.15) is 79.1 Å². The molecule has 116 valence electrons. The highest BCUT2D eigenvalue weighted by molar-refractivity contribution is 4.79. The smallest absolute Gasteiger partial charge is 0.0544 e. The van der Waals surface area contributed by atoms with Gasteiger partial charge < -0.3 is 9.47 Å². The van der Waals surface area contributed by atoms with Crippen LogP contribution in [0.2, 0.25) is 0 Å². The van der Waals surface area contributed by atoms with Crippen LogP contribution < -0.4 is 0 Å². The largest absolute Gasteiger partial charge is 0.381 e. The molecule has 0 radical (unpaired) electrons. The third kappa shape index (κ3) is 9.45. The SMILES string of the molecule is CCCCCC(CCCCC)(COCC)COCC. The van der Waals surface area contributed by atoms with Gasteiger partial charge in [-0.25, -0.2) is 0 Å². The molecular weight excluding hydrogens is 236 g/mol. The zero-order valence-corrected chi connectivity index (χ0v) is 13.8. The zero-order chi connectivity index (χ0) is 14.4. The summed E-state index contributed by atoms with van der Waals surface area (Å²) >= 11 is 0. The molecule has 0 aromatic heterocycles. The molecule has 19 heavy (non-hydrogen) atoms. The highest BCUT2D eigenvalue weighted by Gasteiger charge is 2.29. The Balaban J connectivity index is 4.44. The fraction of sp³-hybridized carbons (Fsp3) is 1.00. The molecule has 0 saturated carbocycles. The maximum Gasteiger partial charge on any atom is 0.0544 e. The van der Waals surface area contributed by atoms with E-state index in [0.717, 1.165) is 26.4 Å². The van der Waals surface area contributed by atoms with Crippen LogP contribution in [-0.2, 0) is 9.47 Å². The van der Waals surface area contributed by atoms with Gasteiger partial charge in [0.05, 0.1) is 13.2 Å². The van der Waals surface area contributed by atoms with Gasteiger partial charge in [0.25, 0.3) is 0 Å². The molecule has 0 atom stereocenters. The van der Waals surface area contributed by atoms with Crippen molar-refractivity contribution >= 4 is 0 Å². The van der Waals surface area contributed by atoms with Crippen LogP contribution in [0.3, 0.4) is 0 Å². The summed E-state index contributed by atoms with van der Waals surface area (Å²) in [7, 11) is 0. The molecule has 0 spiro atoms. The van der Waals surface area contributed by atoms with Crippen molar-refractivity contribution in [2.75, 3.05) is 26.4 Å². The molecule has 0 heterocycles. The maximum absolute atomic E-state index is 5.78. The Morgan fingerprint density at radius 2 is 1.05 bits per heavy atom. The predicted octanol–water partition coefficient (Wildman–Crippen LogP) is 5.21. The van der Waals surface area contributed by atoms with Gasteiger partial charge in [-0.3, -0.25) is 0 Å². The first-order valence-electron chi connectivity index (χ1n) is 8.40. The Bertz CT molecular complexity index is 160. The molecule has 0 bridgehead atoms. The highest BCUT2D eigenvalue weighted by Crippen LogP contribution is 2.32. The number of rotatable bonds is 14. The topological polar surface area (TPSA) is 18.5 Å². The van der Waals surface area contributed by atoms with Crippen LogP contribution in [-0.4, -0.2) is 26.4 Å². The number of hydrogen-bond donors (Lipinski definition) is 0. The van der Waals surface area contributed by atoms with Gasteiger partial charge in [0.15, 0.2) is 0 Å². The molecular formula is C17H36O2. The van der Waals surface area contributed by atoms with Gasteiger partial charge in [0, 0.05) is 18.6 Å². The molecule has 0 aliphatic heterocycles. The van der Waals surface area contributed by atoms with Crippen LogP contribution in [0.5, 0.6) is 0 Å². The normalized spacial score (nSPS) is 12.0. The lowest BCUT2D eigenvalue weighted by Gasteiger charge is -2.33. The number of ether oxygens (including phenoxy) is 2. The Hall–Kier alpha value is -0.0800. The van der Waals surface area contributed by atoms with E-state index in [-0.39, 0.29) is 5.41 Å². The second kappa shape index (κ2) is 12.9. The van der Waals surface area contributed by atoms with Crippen LogP contribution in [0.25, 0.3) is 0 Å². The van der Waals surface area contributed by atoms with Crippen molar-refractivity contribution in [2.45, 2.75) is 79.1 Å². The Morgan fingerprint density at radius 3 is 1.37 bits per heavy atom. The lowest BCUT2D eigenvalue weighted by molar-refractivity contribution is -0.0290. The first kappa shape index (κ1) is 18.9. The summed E-state index contributed by atoms with van der Waals surface area (Å²) in [6.07, 6.45) is 10.4. The minimum Gasteiger partial charge on any atom is -0.381 e. The summed E-state index contributed by atoms with van der Waals surface area (Å²) in [4.78, 5) is 0. The molecule has 2 heteroatoms. The molecule has 2 nitrogen and oxygen atoms in total. The molecule has 0 aromatic rings. The van der Waals surface area contributed by atoms with E-state index in [4.69, 9.17) is 9.47 Å². The van der Waals surface area contributed by atoms with E-state index in [2.05, 4.69) is 27.7 Å². The number of unbranched alkanes of at least 4 members (excludes halogenated alkanes) is 4. The first-order chi connectivity index (χ1) is 9.24. The standard InChI is InChI=1S/C17H36O2/c1-5-9-11-13-17(15-18-7-3,16-19-8-4)14-12-10-6-2/h5-16H2,1-4H3. The van der Waals surface area contributed by atoms with Crippen molar-refractivity contribution in [3.63, 3.8) is 0 Å². The summed E-state index contributed by atoms with van der Waals surface area (Å²) in [5.74, 6) is 0. The Morgan fingerprint density at radius 1 is 0.632 bits per heavy atom. The van der Waals surface area contributed by atoms with Crippen molar-refractivity contribution in [2.24, 2.45) is 5.41 Å². The summed E-state index contributed by atoms with van der Waals surface area (Å²) in [5.41, 5.74) is 0.260. The minimum absolute atomic E-state index is 0.260. The second-order valence-corrected chi connectivity index (χ2v) is 5.69. The molecule has 0 amide bonds. The average molecular weight is 272 g/mol. The fourth-order valence-corrected chi connectivity index (χ4v) is 2.59. The van der Waals surface area contributed by atoms with Crippen molar-refractivity contribution in [3.8, 4) is 0 Å². The van der Waals surface area contributed by atoms with Gasteiger partial charge in [-0.15, -0.1) is 0 Å². The molecule has 0 fully saturated rings. The third-order valence-electron chi connectivity index (χ3n) is 3.85. The second-order valence-electron chi connectivity index (χ2n) is 5.69. The van der Waals surface area contributed by atoms with Gasteiger partial charge in [0.1, 0.15) is 0 Å². The zero-order valence-electron chi connectivity index (χ0n) is 13.8. The van der Waals surface area contributed by atoms with E-state index >= 15 is 0 Å². The van der Waals surface area contributed by atoms with Crippen LogP contribution in [0.4, 0.5) is 0 Å². The fourth-order valence-electron chi connectivity index (χ4n) is 2.59. The van der Waals surface area contributed by atoms with E-state index in [0.29, 0.717) is 0 Å². The van der Waals surface area contributed by atoms with Gasteiger partial charge in [-0.2, -0.15) is 0 Å². The van der Waals surface area contributed by atoms with Crippen molar-refractivity contribution in [3.05, 3.63) is 0 Å². The van der Waals surface area contributed by atoms with Crippen LogP contribution in [0.15, 0.2) is 0 Å². The first-order valence-corrected chi connectivity index (χ1v) is 8.40. The minimum atomic E-state index is 0.260. The molecule has 0 aliphatic carbocycles.